The molecule has 2 aromatic heterocycles. The lowest BCUT2D eigenvalue weighted by Gasteiger charge is -2.38. The fourth-order valence-corrected chi connectivity index (χ4v) is 4.60. The number of para-hydroxylation sites is 3. The molecular formula is C24H25N5O3. The van der Waals surface area contributed by atoms with E-state index in [1.165, 1.54) is 0 Å². The lowest BCUT2D eigenvalue weighted by atomic mass is 10.0. The molecule has 0 spiro atoms. The largest absolute Gasteiger partial charge is 0.495 e. The van der Waals surface area contributed by atoms with Crippen molar-refractivity contribution in [3.05, 3.63) is 59.9 Å². The number of H-pyrrole nitrogens is 1. The average Bonchev–Trinajstić information content (AvgIpc) is 3.23. The molecule has 5 rings (SSSR count). The van der Waals surface area contributed by atoms with Gasteiger partial charge in [-0.1, -0.05) is 24.3 Å². The molecule has 0 radical (unpaired) electrons. The summed E-state index contributed by atoms with van der Waals surface area (Å²) in [6, 6.07) is 12.8. The molecule has 1 atom stereocenters. The van der Waals surface area contributed by atoms with Gasteiger partial charge in [0.25, 0.3) is 0 Å². The highest BCUT2D eigenvalue weighted by Gasteiger charge is 2.33. The number of piperazine rings is 1. The van der Waals surface area contributed by atoms with Crippen LogP contribution >= 0.6 is 0 Å². The number of nitrogens with one attached hydrogen (secondary N) is 1. The van der Waals surface area contributed by atoms with Crippen molar-refractivity contribution in [3.63, 3.8) is 0 Å². The number of ether oxygens (including phenoxy) is 1. The SMILES string of the molecule is COc1cccc2c([C@@H](C(=O)O)N3CCN(c4nc5ccccc5nc4C)CC3)c[nH]c12. The lowest BCUT2D eigenvalue weighted by Crippen LogP contribution is -2.49. The van der Waals surface area contributed by atoms with Crippen molar-refractivity contribution in [2.75, 3.05) is 38.2 Å². The number of rotatable bonds is 5. The van der Waals surface area contributed by atoms with E-state index < -0.39 is 12.0 Å². The molecule has 1 saturated heterocycles. The van der Waals surface area contributed by atoms with E-state index in [1.807, 2.05) is 54.3 Å². The number of hydrogen-bond donors (Lipinski definition) is 2. The summed E-state index contributed by atoms with van der Waals surface area (Å²) in [7, 11) is 1.61. The maximum atomic E-state index is 12.3. The lowest BCUT2D eigenvalue weighted by molar-refractivity contribution is -0.143. The molecule has 8 nitrogen and oxygen atoms in total. The summed E-state index contributed by atoms with van der Waals surface area (Å²) in [5.74, 6) is 0.712. The number of carboxylic acids is 1. The molecule has 1 aliphatic heterocycles. The first-order valence-corrected chi connectivity index (χ1v) is 10.7. The van der Waals surface area contributed by atoms with Crippen LogP contribution in [0.4, 0.5) is 5.82 Å². The number of carbonyl (C=O) groups is 1. The van der Waals surface area contributed by atoms with Gasteiger partial charge in [0.1, 0.15) is 11.8 Å². The van der Waals surface area contributed by atoms with Gasteiger partial charge in [-0.25, -0.2) is 9.97 Å². The Morgan fingerprint density at radius 3 is 2.47 bits per heavy atom. The first-order chi connectivity index (χ1) is 15.6. The summed E-state index contributed by atoms with van der Waals surface area (Å²) in [5, 5.41) is 11.0. The second kappa shape index (κ2) is 8.12. The quantitative estimate of drug-likeness (QED) is 0.500. The number of aliphatic carboxylic acids is 1. The van der Waals surface area contributed by atoms with Crippen molar-refractivity contribution >= 4 is 33.7 Å². The molecule has 4 aromatic rings. The predicted molar refractivity (Wildman–Crippen MR) is 123 cm³/mol. The Morgan fingerprint density at radius 2 is 1.78 bits per heavy atom. The highest BCUT2D eigenvalue weighted by molar-refractivity contribution is 5.92. The van der Waals surface area contributed by atoms with Gasteiger partial charge < -0.3 is 19.7 Å². The fraction of sp³-hybridized carbons (Fsp3) is 0.292. The Labute approximate surface area is 185 Å². The standard InChI is InChI=1S/C24H25N5O3/c1-15-23(27-19-8-4-3-7-18(19)26-15)29-12-10-28(11-13-29)22(24(30)31)17-14-25-21-16(17)6-5-9-20(21)32-2/h3-9,14,22,25H,10-13H2,1-2H3,(H,30,31)/t22-/m0/s1. The summed E-state index contributed by atoms with van der Waals surface area (Å²) in [4.78, 5) is 29.3. The highest BCUT2D eigenvalue weighted by Crippen LogP contribution is 2.34. The topological polar surface area (TPSA) is 94.6 Å². The predicted octanol–water partition coefficient (Wildman–Crippen LogP) is 3.38. The van der Waals surface area contributed by atoms with Crippen LogP contribution in [0.1, 0.15) is 17.3 Å². The van der Waals surface area contributed by atoms with Crippen molar-refractivity contribution < 1.29 is 14.6 Å². The third-order valence-corrected chi connectivity index (χ3v) is 6.16. The molecule has 0 saturated carbocycles. The minimum Gasteiger partial charge on any atom is -0.495 e. The molecule has 0 aliphatic carbocycles. The zero-order chi connectivity index (χ0) is 22.2. The van der Waals surface area contributed by atoms with E-state index >= 15 is 0 Å². The molecule has 1 fully saturated rings. The summed E-state index contributed by atoms with van der Waals surface area (Å²) in [5.41, 5.74) is 4.20. The van der Waals surface area contributed by atoms with Crippen molar-refractivity contribution in [1.29, 1.82) is 0 Å². The number of fused-ring (bicyclic) bond motifs is 2. The van der Waals surface area contributed by atoms with E-state index in [4.69, 9.17) is 14.7 Å². The first kappa shape index (κ1) is 20.3. The van der Waals surface area contributed by atoms with Gasteiger partial charge in [-0.05, 0) is 25.1 Å². The normalized spacial score (nSPS) is 15.9. The highest BCUT2D eigenvalue weighted by atomic mass is 16.5. The number of methoxy groups -OCH3 is 1. The smallest absolute Gasteiger partial charge is 0.325 e. The molecule has 1 aliphatic rings. The number of hydrogen-bond acceptors (Lipinski definition) is 6. The number of aromatic nitrogens is 3. The van der Waals surface area contributed by atoms with E-state index in [0.29, 0.717) is 31.9 Å². The van der Waals surface area contributed by atoms with Gasteiger partial charge >= 0.3 is 5.97 Å². The Morgan fingerprint density at radius 1 is 1.06 bits per heavy atom. The van der Waals surface area contributed by atoms with E-state index in [2.05, 4.69) is 9.88 Å². The number of aromatic amines is 1. The molecule has 0 bridgehead atoms. The van der Waals surface area contributed by atoms with Crippen LogP contribution in [0.15, 0.2) is 48.7 Å². The number of benzene rings is 2. The molecule has 2 aromatic carbocycles. The van der Waals surface area contributed by atoms with Crippen LogP contribution in [-0.2, 0) is 4.79 Å². The molecule has 0 amide bonds. The van der Waals surface area contributed by atoms with Crippen LogP contribution in [0.5, 0.6) is 5.75 Å². The van der Waals surface area contributed by atoms with Gasteiger partial charge in [0, 0.05) is 43.3 Å². The summed E-state index contributed by atoms with van der Waals surface area (Å²) in [6.07, 6.45) is 1.79. The van der Waals surface area contributed by atoms with Crippen LogP contribution in [0.2, 0.25) is 0 Å². The Kier molecular flexibility index (Phi) is 5.14. The number of anilines is 1. The summed E-state index contributed by atoms with van der Waals surface area (Å²) < 4.78 is 5.42. The second-order valence-corrected chi connectivity index (χ2v) is 8.01. The molecule has 164 valence electrons. The molecule has 3 heterocycles. The summed E-state index contributed by atoms with van der Waals surface area (Å²) >= 11 is 0. The van der Waals surface area contributed by atoms with Crippen molar-refractivity contribution in [1.82, 2.24) is 19.9 Å². The van der Waals surface area contributed by atoms with E-state index in [-0.39, 0.29) is 0 Å². The van der Waals surface area contributed by atoms with Gasteiger partial charge in [0.05, 0.1) is 29.4 Å². The van der Waals surface area contributed by atoms with Crippen molar-refractivity contribution in [2.45, 2.75) is 13.0 Å². The summed E-state index contributed by atoms with van der Waals surface area (Å²) in [6.45, 7) is 4.57. The van der Waals surface area contributed by atoms with Gasteiger partial charge in [-0.15, -0.1) is 0 Å². The van der Waals surface area contributed by atoms with Gasteiger partial charge in [0.2, 0.25) is 0 Å². The fourth-order valence-electron chi connectivity index (χ4n) is 4.60. The first-order valence-electron chi connectivity index (χ1n) is 10.7. The third-order valence-electron chi connectivity index (χ3n) is 6.16. The molecular weight excluding hydrogens is 406 g/mol. The number of aryl methyl sites for hydroxylation is 1. The maximum Gasteiger partial charge on any atom is 0.325 e. The Bertz CT molecular complexity index is 1290. The van der Waals surface area contributed by atoms with Gasteiger partial charge in [-0.3, -0.25) is 9.69 Å². The Balaban J connectivity index is 1.40. The molecule has 0 unspecified atom stereocenters. The van der Waals surface area contributed by atoms with Crippen LogP contribution in [-0.4, -0.2) is 64.2 Å². The second-order valence-electron chi connectivity index (χ2n) is 8.01. The van der Waals surface area contributed by atoms with Crippen molar-refractivity contribution in [3.8, 4) is 5.75 Å². The minimum absolute atomic E-state index is 0.613. The molecule has 8 heteroatoms. The van der Waals surface area contributed by atoms with Crippen LogP contribution in [0.3, 0.4) is 0 Å². The molecule has 2 N–H and O–H groups in total. The van der Waals surface area contributed by atoms with Crippen molar-refractivity contribution in [2.24, 2.45) is 0 Å². The van der Waals surface area contributed by atoms with Gasteiger partial charge in [0.15, 0.2) is 5.82 Å². The minimum atomic E-state index is -0.858. The average molecular weight is 431 g/mol. The Hall–Kier alpha value is -3.65. The van der Waals surface area contributed by atoms with Gasteiger partial charge in [-0.2, -0.15) is 0 Å². The zero-order valence-electron chi connectivity index (χ0n) is 18.1. The number of carboxylic acid groups (broad SMARTS) is 1. The van der Waals surface area contributed by atoms with Crippen LogP contribution < -0.4 is 9.64 Å². The van der Waals surface area contributed by atoms with E-state index in [0.717, 1.165) is 39.0 Å². The zero-order valence-corrected chi connectivity index (χ0v) is 18.1. The van der Waals surface area contributed by atoms with E-state index in [1.54, 1.807) is 13.3 Å². The monoisotopic (exact) mass is 431 g/mol. The maximum absolute atomic E-state index is 12.3. The molecule has 32 heavy (non-hydrogen) atoms. The van der Waals surface area contributed by atoms with Crippen LogP contribution in [0, 0.1) is 6.92 Å². The van der Waals surface area contributed by atoms with Crippen LogP contribution in [0.25, 0.3) is 21.9 Å². The number of nitrogens with zero attached hydrogens (tertiary/aromatic N) is 4. The third kappa shape index (κ3) is 3.42. The van der Waals surface area contributed by atoms with E-state index in [9.17, 15) is 9.90 Å².